The van der Waals surface area contributed by atoms with Gasteiger partial charge in [0.25, 0.3) is 0 Å². The van der Waals surface area contributed by atoms with Crippen molar-refractivity contribution in [2.45, 2.75) is 6.92 Å². The molecule has 166 valence electrons. The average molecular weight is 460 g/mol. The molecule has 3 N–H and O–H groups in total. The zero-order valence-corrected chi connectivity index (χ0v) is 18.7. The van der Waals surface area contributed by atoms with Crippen LogP contribution in [-0.4, -0.2) is 40.6 Å². The van der Waals surface area contributed by atoms with E-state index < -0.39 is 0 Å². The van der Waals surface area contributed by atoms with Gasteiger partial charge in [-0.2, -0.15) is 0 Å². The monoisotopic (exact) mass is 459 g/mol. The number of aromatic amines is 1. The summed E-state index contributed by atoms with van der Waals surface area (Å²) in [5, 5.41) is 9.78. The van der Waals surface area contributed by atoms with Crippen LogP contribution in [-0.2, 0) is 4.79 Å². The molecule has 0 unspecified atom stereocenters. The number of nitrogens with zero attached hydrogens (tertiary/aromatic N) is 2. The fraction of sp³-hybridized carbons (Fsp3) is 0.160. The van der Waals surface area contributed by atoms with Crippen LogP contribution in [0.1, 0.15) is 5.69 Å². The summed E-state index contributed by atoms with van der Waals surface area (Å²) in [7, 11) is 0. The Balaban J connectivity index is 1.15. The van der Waals surface area contributed by atoms with Crippen LogP contribution < -0.4 is 15.4 Å². The highest BCUT2D eigenvalue weighted by Gasteiger charge is 2.09. The number of benzene rings is 2. The number of carbonyl (C=O) groups excluding carboxylic acids is 1. The molecule has 0 radical (unpaired) electrons. The van der Waals surface area contributed by atoms with Crippen LogP contribution in [0, 0.1) is 6.92 Å². The highest BCUT2D eigenvalue weighted by Crippen LogP contribution is 2.29. The Morgan fingerprint density at radius 3 is 2.82 bits per heavy atom. The Morgan fingerprint density at radius 2 is 1.91 bits per heavy atom. The molecule has 3 aromatic heterocycles. The highest BCUT2D eigenvalue weighted by atomic mass is 35.5. The number of hydrogen-bond acceptors (Lipinski definition) is 5. The number of rotatable bonds is 7. The molecule has 5 aromatic rings. The van der Waals surface area contributed by atoms with E-state index in [1.807, 2.05) is 49.5 Å². The first-order valence-electron chi connectivity index (χ1n) is 10.6. The average Bonchev–Trinajstić information content (AvgIpc) is 3.19. The Labute approximate surface area is 195 Å². The molecule has 1 amide bonds. The van der Waals surface area contributed by atoms with Crippen molar-refractivity contribution < 1.29 is 9.53 Å². The molecule has 5 rings (SSSR count). The van der Waals surface area contributed by atoms with Gasteiger partial charge in [0.15, 0.2) is 0 Å². The van der Waals surface area contributed by atoms with E-state index in [-0.39, 0.29) is 12.5 Å². The second kappa shape index (κ2) is 8.96. The van der Waals surface area contributed by atoms with Gasteiger partial charge in [-0.05, 0) is 55.5 Å². The molecule has 0 aliphatic carbocycles. The molecule has 3 heterocycles. The van der Waals surface area contributed by atoms with Crippen molar-refractivity contribution in [3.05, 3.63) is 71.6 Å². The molecule has 33 heavy (non-hydrogen) atoms. The lowest BCUT2D eigenvalue weighted by molar-refractivity contribution is -0.119. The molecule has 8 heteroatoms. The number of amides is 1. The number of H-pyrrole nitrogens is 1. The van der Waals surface area contributed by atoms with Crippen molar-refractivity contribution in [3.63, 3.8) is 0 Å². The molecule has 0 aliphatic rings. The second-order valence-corrected chi connectivity index (χ2v) is 8.16. The number of aryl methyl sites for hydroxylation is 1. The standard InChI is InChI=1S/C25H22ClN5O2/c1-15-25-18(6-8-27-15)20-13-17(3-5-22(20)31-25)33-11-10-29-24(32)14-30-21-7-9-28-23-12-16(26)2-4-19(21)23/h2-9,12-13,31H,10-11,14H2,1H3,(H,28,30)(H,29,32). The summed E-state index contributed by atoms with van der Waals surface area (Å²) in [6.45, 7) is 2.91. The molecular weight excluding hydrogens is 438 g/mol. The van der Waals surface area contributed by atoms with Crippen molar-refractivity contribution in [2.75, 3.05) is 25.0 Å². The van der Waals surface area contributed by atoms with E-state index in [1.54, 1.807) is 18.3 Å². The van der Waals surface area contributed by atoms with Gasteiger partial charge in [-0.3, -0.25) is 14.8 Å². The van der Waals surface area contributed by atoms with Gasteiger partial charge in [0, 0.05) is 44.8 Å². The van der Waals surface area contributed by atoms with Crippen LogP contribution >= 0.6 is 11.6 Å². The molecular formula is C25H22ClN5O2. The fourth-order valence-electron chi connectivity index (χ4n) is 3.90. The number of ether oxygens (including phenoxy) is 1. The Kier molecular flexibility index (Phi) is 5.71. The van der Waals surface area contributed by atoms with Crippen LogP contribution in [0.2, 0.25) is 5.02 Å². The third-order valence-corrected chi connectivity index (χ3v) is 5.75. The molecule has 0 saturated heterocycles. The van der Waals surface area contributed by atoms with Crippen molar-refractivity contribution >= 4 is 55.9 Å². The summed E-state index contributed by atoms with van der Waals surface area (Å²) in [6.07, 6.45) is 3.50. The summed E-state index contributed by atoms with van der Waals surface area (Å²) in [6, 6.07) is 15.3. The fourth-order valence-corrected chi connectivity index (χ4v) is 4.07. The summed E-state index contributed by atoms with van der Waals surface area (Å²) in [5.74, 6) is 0.639. The van der Waals surface area contributed by atoms with Crippen LogP contribution in [0.25, 0.3) is 32.7 Å². The van der Waals surface area contributed by atoms with E-state index >= 15 is 0 Å². The largest absolute Gasteiger partial charge is 0.492 e. The van der Waals surface area contributed by atoms with Gasteiger partial charge in [-0.1, -0.05) is 11.6 Å². The number of anilines is 1. The Morgan fingerprint density at radius 1 is 1.03 bits per heavy atom. The minimum atomic E-state index is -0.118. The SMILES string of the molecule is Cc1nccc2c1[nH]c1ccc(OCCNC(=O)CNc3ccnc4cc(Cl)ccc34)cc12. The lowest BCUT2D eigenvalue weighted by Crippen LogP contribution is -2.33. The number of pyridine rings is 2. The predicted octanol–water partition coefficient (Wildman–Crippen LogP) is 4.83. The van der Waals surface area contributed by atoms with Crippen molar-refractivity contribution in [1.29, 1.82) is 0 Å². The maximum atomic E-state index is 12.3. The number of aromatic nitrogens is 3. The van der Waals surface area contributed by atoms with Crippen LogP contribution in [0.5, 0.6) is 5.75 Å². The molecule has 0 bridgehead atoms. The molecule has 0 saturated carbocycles. The lowest BCUT2D eigenvalue weighted by atomic mass is 10.1. The summed E-state index contributed by atoms with van der Waals surface area (Å²) in [5.41, 5.74) is 4.65. The number of nitrogens with one attached hydrogen (secondary N) is 3. The number of halogens is 1. The van der Waals surface area contributed by atoms with E-state index in [1.165, 1.54) is 0 Å². The Hall–Kier alpha value is -3.84. The predicted molar refractivity (Wildman–Crippen MR) is 132 cm³/mol. The summed E-state index contributed by atoms with van der Waals surface area (Å²) < 4.78 is 5.86. The van der Waals surface area contributed by atoms with Gasteiger partial charge in [0.1, 0.15) is 12.4 Å². The van der Waals surface area contributed by atoms with Crippen LogP contribution in [0.15, 0.2) is 60.9 Å². The molecule has 0 spiro atoms. The number of hydrogen-bond donors (Lipinski definition) is 3. The number of fused-ring (bicyclic) bond motifs is 4. The zero-order valence-electron chi connectivity index (χ0n) is 18.0. The first-order valence-corrected chi connectivity index (χ1v) is 11.0. The van der Waals surface area contributed by atoms with Crippen molar-refractivity contribution in [1.82, 2.24) is 20.3 Å². The smallest absolute Gasteiger partial charge is 0.239 e. The van der Waals surface area contributed by atoms with Crippen LogP contribution in [0.4, 0.5) is 5.69 Å². The van der Waals surface area contributed by atoms with E-state index in [2.05, 4.69) is 25.6 Å². The van der Waals surface area contributed by atoms with Gasteiger partial charge in [-0.25, -0.2) is 0 Å². The first-order chi connectivity index (χ1) is 16.1. The van der Waals surface area contributed by atoms with E-state index in [0.29, 0.717) is 18.2 Å². The minimum Gasteiger partial charge on any atom is -0.492 e. The second-order valence-electron chi connectivity index (χ2n) is 7.72. The van der Waals surface area contributed by atoms with Crippen molar-refractivity contribution in [3.8, 4) is 5.75 Å². The quantitative estimate of drug-likeness (QED) is 0.303. The minimum absolute atomic E-state index is 0.118. The maximum Gasteiger partial charge on any atom is 0.239 e. The molecule has 0 fully saturated rings. The molecule has 0 atom stereocenters. The third-order valence-electron chi connectivity index (χ3n) is 5.52. The molecule has 0 aliphatic heterocycles. The zero-order chi connectivity index (χ0) is 22.8. The maximum absolute atomic E-state index is 12.3. The number of carbonyl (C=O) groups is 1. The highest BCUT2D eigenvalue weighted by molar-refractivity contribution is 6.31. The molecule has 2 aromatic carbocycles. The van der Waals surface area contributed by atoms with Gasteiger partial charge in [-0.15, -0.1) is 0 Å². The topological polar surface area (TPSA) is 91.9 Å². The third kappa shape index (κ3) is 4.40. The van der Waals surface area contributed by atoms with Crippen molar-refractivity contribution in [2.24, 2.45) is 0 Å². The van der Waals surface area contributed by atoms with Gasteiger partial charge in [0.05, 0.1) is 29.8 Å². The van der Waals surface area contributed by atoms with Gasteiger partial charge < -0.3 is 20.4 Å². The summed E-state index contributed by atoms with van der Waals surface area (Å²) in [4.78, 5) is 24.3. The van der Waals surface area contributed by atoms with Gasteiger partial charge >= 0.3 is 0 Å². The van der Waals surface area contributed by atoms with E-state index in [4.69, 9.17) is 16.3 Å². The van der Waals surface area contributed by atoms with E-state index in [0.717, 1.165) is 49.8 Å². The summed E-state index contributed by atoms with van der Waals surface area (Å²) >= 11 is 6.03. The van der Waals surface area contributed by atoms with Gasteiger partial charge in [0.2, 0.25) is 5.91 Å². The van der Waals surface area contributed by atoms with Crippen LogP contribution in [0.3, 0.4) is 0 Å². The lowest BCUT2D eigenvalue weighted by Gasteiger charge is -2.11. The molecule has 7 nitrogen and oxygen atoms in total. The first kappa shape index (κ1) is 21.0. The van der Waals surface area contributed by atoms with E-state index in [9.17, 15) is 4.79 Å². The Bertz CT molecular complexity index is 1480. The normalized spacial score (nSPS) is 11.2.